The molecule has 0 atom stereocenters. The van der Waals surface area contributed by atoms with Crippen LogP contribution < -0.4 is 14.8 Å². The van der Waals surface area contributed by atoms with Crippen LogP contribution in [0.2, 0.25) is 5.02 Å². The van der Waals surface area contributed by atoms with Crippen LogP contribution in [0.4, 0.5) is 5.69 Å². The maximum Gasteiger partial charge on any atom is 0.262 e. The van der Waals surface area contributed by atoms with E-state index in [1.54, 1.807) is 24.3 Å². The van der Waals surface area contributed by atoms with Gasteiger partial charge in [0, 0.05) is 59.1 Å². The number of anilines is 1. The van der Waals surface area contributed by atoms with Crippen molar-refractivity contribution >= 4 is 57.4 Å². The second-order valence-electron chi connectivity index (χ2n) is 9.87. The smallest absolute Gasteiger partial charge is 0.262 e. The maximum absolute atomic E-state index is 13.3. The van der Waals surface area contributed by atoms with Crippen molar-refractivity contribution in [2.24, 2.45) is 0 Å². The Labute approximate surface area is 246 Å². The highest BCUT2D eigenvalue weighted by molar-refractivity contribution is 14.1. The van der Waals surface area contributed by atoms with Crippen LogP contribution in [-0.4, -0.2) is 42.6 Å². The summed E-state index contributed by atoms with van der Waals surface area (Å²) in [5.41, 5.74) is 4.96. The zero-order chi connectivity index (χ0) is 27.7. The van der Waals surface area contributed by atoms with Crippen LogP contribution in [0.15, 0.2) is 58.9 Å². The van der Waals surface area contributed by atoms with E-state index in [2.05, 4.69) is 32.8 Å². The van der Waals surface area contributed by atoms with Crippen LogP contribution in [0.25, 0.3) is 0 Å². The first kappa shape index (κ1) is 27.7. The van der Waals surface area contributed by atoms with Gasteiger partial charge in [0.1, 0.15) is 0 Å². The molecule has 0 saturated heterocycles. The fourth-order valence-corrected chi connectivity index (χ4v) is 6.62. The Kier molecular flexibility index (Phi) is 8.32. The van der Waals surface area contributed by atoms with Gasteiger partial charge in [0.25, 0.3) is 5.91 Å². The summed E-state index contributed by atoms with van der Waals surface area (Å²) < 4.78 is 12.7. The van der Waals surface area contributed by atoms with Crippen LogP contribution in [0, 0.1) is 3.57 Å². The molecule has 0 aromatic heterocycles. The number of allylic oxidation sites excluding steroid dienone is 4. The third-order valence-corrected chi connectivity index (χ3v) is 8.44. The first-order chi connectivity index (χ1) is 18.8. The molecule has 0 bridgehead atoms. The number of carbonyl (C=O) groups is 3. The average Bonchev–Trinajstić information content (AvgIpc) is 2.91. The second-order valence-corrected chi connectivity index (χ2v) is 11.5. The Morgan fingerprint density at radius 1 is 1.00 bits per heavy atom. The topological polar surface area (TPSA) is 84.9 Å². The number of ketones is 2. The van der Waals surface area contributed by atoms with Crippen molar-refractivity contribution in [2.75, 3.05) is 25.6 Å². The van der Waals surface area contributed by atoms with Crippen molar-refractivity contribution in [1.29, 1.82) is 0 Å². The molecule has 0 spiro atoms. The molecule has 3 aliphatic rings. The quantitative estimate of drug-likeness (QED) is 0.346. The fraction of sp³-hybridized carbons (Fsp3) is 0.367. The van der Waals surface area contributed by atoms with E-state index in [0.717, 1.165) is 57.4 Å². The molecule has 2 aromatic carbocycles. The highest BCUT2D eigenvalue weighted by Gasteiger charge is 2.42. The number of rotatable bonds is 7. The molecule has 0 fully saturated rings. The number of benzene rings is 2. The maximum atomic E-state index is 13.3. The number of nitrogens with one attached hydrogen (secondary N) is 1. The van der Waals surface area contributed by atoms with Gasteiger partial charge in [-0.2, -0.15) is 0 Å². The van der Waals surface area contributed by atoms with Gasteiger partial charge in [0.15, 0.2) is 29.7 Å². The van der Waals surface area contributed by atoms with Gasteiger partial charge in [-0.1, -0.05) is 11.6 Å². The first-order valence-electron chi connectivity index (χ1n) is 13.2. The molecule has 7 nitrogen and oxygen atoms in total. The number of halogens is 2. The lowest BCUT2D eigenvalue weighted by Gasteiger charge is -2.42. The zero-order valence-electron chi connectivity index (χ0n) is 21.9. The van der Waals surface area contributed by atoms with Crippen LogP contribution >= 0.6 is 34.2 Å². The van der Waals surface area contributed by atoms with E-state index >= 15 is 0 Å². The third kappa shape index (κ3) is 5.59. The summed E-state index contributed by atoms with van der Waals surface area (Å²) in [6.45, 7) is 2.05. The summed E-state index contributed by atoms with van der Waals surface area (Å²) >= 11 is 8.09. The standard InChI is InChI=1S/C30H30ClIN2O5/c1-3-38-25-15-17(14-20(32)30(25)39-16-26(37)33-19-12-10-18(31)11-13-19)27-28-21(6-4-8-23(28)35)34(2)22-7-5-9-24(36)29(22)27/h10-15,27H,3-9,16H2,1-2H3,(H,33,37). The molecular weight excluding hydrogens is 631 g/mol. The normalized spacial score (nSPS) is 17.7. The van der Waals surface area contributed by atoms with Crippen LogP contribution in [0.1, 0.15) is 56.9 Å². The predicted molar refractivity (Wildman–Crippen MR) is 158 cm³/mol. The lowest BCUT2D eigenvalue weighted by molar-refractivity contribution is -0.118. The molecule has 2 aliphatic carbocycles. The minimum absolute atomic E-state index is 0.102. The Bertz CT molecular complexity index is 1350. The molecule has 5 rings (SSSR count). The van der Waals surface area contributed by atoms with Gasteiger partial charge in [0.05, 0.1) is 10.2 Å². The molecular formula is C30H30ClIN2O5. The SMILES string of the molecule is CCOc1cc(C2C3=C(CCCC3=O)N(C)C3=C2C(=O)CCC3)cc(I)c1OCC(=O)Nc1ccc(Cl)cc1. The lowest BCUT2D eigenvalue weighted by Crippen LogP contribution is -2.37. The van der Waals surface area contributed by atoms with Crippen LogP contribution in [0.3, 0.4) is 0 Å². The van der Waals surface area contributed by atoms with E-state index in [1.807, 2.05) is 26.1 Å². The highest BCUT2D eigenvalue weighted by atomic mass is 127. The van der Waals surface area contributed by atoms with Crippen molar-refractivity contribution in [1.82, 2.24) is 4.90 Å². The Hall–Kier alpha value is -2.85. The number of carbonyl (C=O) groups excluding carboxylic acids is 3. The molecule has 0 unspecified atom stereocenters. The highest BCUT2D eigenvalue weighted by Crippen LogP contribution is 2.50. The van der Waals surface area contributed by atoms with Crippen molar-refractivity contribution in [2.45, 2.75) is 51.4 Å². The number of Topliss-reactive ketones (excluding diaryl/α,β-unsaturated/α-hetero) is 2. The Balaban J connectivity index is 1.49. The largest absolute Gasteiger partial charge is 0.490 e. The van der Waals surface area contributed by atoms with E-state index in [0.29, 0.717) is 41.7 Å². The van der Waals surface area contributed by atoms with E-state index < -0.39 is 5.92 Å². The molecule has 1 aliphatic heterocycles. The fourth-order valence-electron chi connectivity index (χ4n) is 5.71. The molecule has 2 aromatic rings. The summed E-state index contributed by atoms with van der Waals surface area (Å²) in [6, 6.07) is 10.7. The molecule has 204 valence electrons. The van der Waals surface area contributed by atoms with Crippen LogP contribution in [-0.2, 0) is 14.4 Å². The third-order valence-electron chi connectivity index (χ3n) is 7.39. The van der Waals surface area contributed by atoms with Gasteiger partial charge in [0.2, 0.25) is 0 Å². The van der Waals surface area contributed by atoms with Gasteiger partial charge in [-0.05, 0) is 97.2 Å². The number of ether oxygens (including phenoxy) is 2. The van der Waals surface area contributed by atoms with Crippen molar-refractivity contribution < 1.29 is 23.9 Å². The van der Waals surface area contributed by atoms with Gasteiger partial charge >= 0.3 is 0 Å². The summed E-state index contributed by atoms with van der Waals surface area (Å²) in [6.07, 6.45) is 4.24. The molecule has 9 heteroatoms. The predicted octanol–water partition coefficient (Wildman–Crippen LogP) is 6.40. The first-order valence-corrected chi connectivity index (χ1v) is 14.6. The molecule has 39 heavy (non-hydrogen) atoms. The van der Waals surface area contributed by atoms with E-state index in [1.165, 1.54) is 0 Å². The minimum atomic E-state index is -0.429. The van der Waals surface area contributed by atoms with Crippen molar-refractivity contribution in [3.05, 3.63) is 73.1 Å². The summed E-state index contributed by atoms with van der Waals surface area (Å²) in [4.78, 5) is 41.3. The monoisotopic (exact) mass is 660 g/mol. The van der Waals surface area contributed by atoms with E-state index in [9.17, 15) is 14.4 Å². The Morgan fingerprint density at radius 2 is 1.62 bits per heavy atom. The summed E-state index contributed by atoms with van der Waals surface area (Å²) in [5.74, 6) is 0.388. The molecule has 0 radical (unpaired) electrons. The number of hydrogen-bond acceptors (Lipinski definition) is 6. The van der Waals surface area contributed by atoms with E-state index in [4.69, 9.17) is 21.1 Å². The summed E-state index contributed by atoms with van der Waals surface area (Å²) in [5, 5.41) is 3.38. The minimum Gasteiger partial charge on any atom is -0.490 e. The van der Waals surface area contributed by atoms with E-state index in [-0.39, 0.29) is 24.1 Å². The zero-order valence-corrected chi connectivity index (χ0v) is 24.9. The molecule has 1 amide bonds. The number of hydrogen-bond donors (Lipinski definition) is 1. The molecule has 1 N–H and O–H groups in total. The molecule has 1 heterocycles. The van der Waals surface area contributed by atoms with Gasteiger partial charge in [-0.15, -0.1) is 0 Å². The Morgan fingerprint density at radius 3 is 2.21 bits per heavy atom. The van der Waals surface area contributed by atoms with Gasteiger partial charge in [-0.3, -0.25) is 14.4 Å². The van der Waals surface area contributed by atoms with Crippen molar-refractivity contribution in [3.8, 4) is 11.5 Å². The van der Waals surface area contributed by atoms with Gasteiger partial charge in [-0.25, -0.2) is 0 Å². The van der Waals surface area contributed by atoms with Gasteiger partial charge < -0.3 is 19.7 Å². The lowest BCUT2D eigenvalue weighted by atomic mass is 9.71. The van der Waals surface area contributed by atoms with Crippen molar-refractivity contribution in [3.63, 3.8) is 0 Å². The second kappa shape index (κ2) is 11.7. The van der Waals surface area contributed by atoms with Crippen LogP contribution in [0.5, 0.6) is 11.5 Å². The molecule has 0 saturated carbocycles. The average molecular weight is 661 g/mol. The number of amides is 1. The summed E-state index contributed by atoms with van der Waals surface area (Å²) in [7, 11) is 1.99. The number of nitrogens with zero attached hydrogens (tertiary/aromatic N) is 1.